The molecular weight excluding hydrogens is 352 g/mol. The summed E-state index contributed by atoms with van der Waals surface area (Å²) in [7, 11) is 0. The zero-order valence-electron chi connectivity index (χ0n) is 13.6. The SMILES string of the molecule is CCCNC(=O)[C@@H](N)CC1=CN(C(=O)OC(C)(C)C)CN1Br. The van der Waals surface area contributed by atoms with Gasteiger partial charge in [-0.2, -0.15) is 0 Å². The molecule has 0 saturated heterocycles. The van der Waals surface area contributed by atoms with Crippen molar-refractivity contribution in [2.45, 2.75) is 52.2 Å². The van der Waals surface area contributed by atoms with Gasteiger partial charge in [0.1, 0.15) is 12.3 Å². The van der Waals surface area contributed by atoms with Gasteiger partial charge >= 0.3 is 6.09 Å². The molecule has 0 saturated carbocycles. The van der Waals surface area contributed by atoms with Crippen molar-refractivity contribution in [3.8, 4) is 0 Å². The smallest absolute Gasteiger partial charge is 0.415 e. The quantitative estimate of drug-likeness (QED) is 0.715. The second-order valence-electron chi connectivity index (χ2n) is 6.18. The van der Waals surface area contributed by atoms with Crippen LogP contribution in [0.15, 0.2) is 11.9 Å². The minimum Gasteiger partial charge on any atom is -0.443 e. The molecule has 7 nitrogen and oxygen atoms in total. The molecule has 8 heteroatoms. The number of rotatable bonds is 5. The predicted molar refractivity (Wildman–Crippen MR) is 87.7 cm³/mol. The number of nitrogens with zero attached hydrogens (tertiary/aromatic N) is 2. The van der Waals surface area contributed by atoms with Crippen molar-refractivity contribution in [3.63, 3.8) is 0 Å². The minimum absolute atomic E-state index is 0.195. The molecular formula is C14H25BrN4O3. The lowest BCUT2D eigenvalue weighted by molar-refractivity contribution is -0.122. The standard InChI is InChI=1S/C14H25BrN4O3/c1-5-6-17-12(20)11(16)7-10-8-18(9-19(10)15)13(21)22-14(2,3)4/h8,11H,5-7,9,16H2,1-4H3,(H,17,20)/t11-/m0/s1. The molecule has 0 bridgehead atoms. The summed E-state index contributed by atoms with van der Waals surface area (Å²) < 4.78 is 7.01. The summed E-state index contributed by atoms with van der Waals surface area (Å²) in [5, 5.41) is 2.76. The van der Waals surface area contributed by atoms with E-state index in [0.29, 0.717) is 19.6 Å². The molecule has 1 rings (SSSR count). The summed E-state index contributed by atoms with van der Waals surface area (Å²) in [6.45, 7) is 8.33. The van der Waals surface area contributed by atoms with Crippen LogP contribution in [-0.4, -0.2) is 45.7 Å². The van der Waals surface area contributed by atoms with Crippen LogP contribution in [-0.2, 0) is 9.53 Å². The van der Waals surface area contributed by atoms with Crippen LogP contribution in [0.3, 0.4) is 0 Å². The predicted octanol–water partition coefficient (Wildman–Crippen LogP) is 1.89. The van der Waals surface area contributed by atoms with Crippen molar-refractivity contribution in [2.75, 3.05) is 13.2 Å². The van der Waals surface area contributed by atoms with Gasteiger partial charge in [-0.3, -0.25) is 13.6 Å². The zero-order chi connectivity index (χ0) is 16.9. The van der Waals surface area contributed by atoms with Crippen LogP contribution >= 0.6 is 16.1 Å². The Morgan fingerprint density at radius 2 is 2.14 bits per heavy atom. The lowest BCUT2D eigenvalue weighted by atomic mass is 10.1. The molecule has 0 aromatic carbocycles. The highest BCUT2D eigenvalue weighted by molar-refractivity contribution is 9.07. The molecule has 0 aromatic heterocycles. The molecule has 1 heterocycles. The first kappa shape index (κ1) is 18.8. The van der Waals surface area contributed by atoms with Gasteiger partial charge in [0.05, 0.1) is 22.2 Å². The average molecular weight is 377 g/mol. The average Bonchev–Trinajstić information content (AvgIpc) is 2.75. The van der Waals surface area contributed by atoms with Gasteiger partial charge in [-0.1, -0.05) is 6.92 Å². The maximum absolute atomic E-state index is 12.0. The van der Waals surface area contributed by atoms with E-state index in [1.54, 1.807) is 10.1 Å². The van der Waals surface area contributed by atoms with Gasteiger partial charge in [0.15, 0.2) is 0 Å². The number of halogens is 1. The van der Waals surface area contributed by atoms with Crippen LogP contribution in [0.25, 0.3) is 0 Å². The van der Waals surface area contributed by atoms with Gasteiger partial charge in [-0.25, -0.2) is 4.79 Å². The molecule has 2 amide bonds. The zero-order valence-corrected chi connectivity index (χ0v) is 15.1. The number of nitrogens with two attached hydrogens (primary N) is 1. The van der Waals surface area contributed by atoms with E-state index >= 15 is 0 Å². The Bertz CT molecular complexity index is 448. The Morgan fingerprint density at radius 3 is 2.68 bits per heavy atom. The Balaban J connectivity index is 2.61. The van der Waals surface area contributed by atoms with E-state index in [-0.39, 0.29) is 5.91 Å². The number of hydrogen-bond acceptors (Lipinski definition) is 5. The second-order valence-corrected chi connectivity index (χ2v) is 7.03. The van der Waals surface area contributed by atoms with Crippen LogP contribution in [0.4, 0.5) is 4.79 Å². The Kier molecular flexibility index (Phi) is 6.67. The van der Waals surface area contributed by atoms with E-state index < -0.39 is 17.7 Å². The molecule has 0 spiro atoms. The van der Waals surface area contributed by atoms with E-state index in [9.17, 15) is 9.59 Å². The van der Waals surface area contributed by atoms with Gasteiger partial charge in [0, 0.05) is 24.9 Å². The second kappa shape index (κ2) is 7.82. The fourth-order valence-corrected chi connectivity index (χ4v) is 2.27. The van der Waals surface area contributed by atoms with Crippen LogP contribution in [0.5, 0.6) is 0 Å². The van der Waals surface area contributed by atoms with Gasteiger partial charge in [0.2, 0.25) is 5.91 Å². The summed E-state index contributed by atoms with van der Waals surface area (Å²) in [4.78, 5) is 25.2. The molecule has 0 aliphatic carbocycles. The first-order chi connectivity index (χ1) is 10.1. The summed E-state index contributed by atoms with van der Waals surface area (Å²) >= 11 is 3.35. The van der Waals surface area contributed by atoms with Crippen molar-refractivity contribution in [1.29, 1.82) is 0 Å². The first-order valence-corrected chi connectivity index (χ1v) is 8.02. The third-order valence-electron chi connectivity index (χ3n) is 2.84. The number of ether oxygens (including phenoxy) is 1. The number of carbonyl (C=O) groups excluding carboxylic acids is 2. The summed E-state index contributed by atoms with van der Waals surface area (Å²) in [6.07, 6.45) is 2.41. The number of hydrogen-bond donors (Lipinski definition) is 2. The molecule has 1 atom stereocenters. The highest BCUT2D eigenvalue weighted by Gasteiger charge is 2.29. The van der Waals surface area contributed by atoms with Gasteiger partial charge in [0.25, 0.3) is 0 Å². The Morgan fingerprint density at radius 1 is 1.50 bits per heavy atom. The highest BCUT2D eigenvalue weighted by Crippen LogP contribution is 2.25. The normalized spacial score (nSPS) is 16.4. The maximum Gasteiger partial charge on any atom is 0.415 e. The molecule has 126 valence electrons. The minimum atomic E-state index is -0.656. The first-order valence-electron chi connectivity index (χ1n) is 7.31. The molecule has 0 radical (unpaired) electrons. The maximum atomic E-state index is 12.0. The fourth-order valence-electron chi connectivity index (χ4n) is 1.79. The van der Waals surface area contributed by atoms with E-state index in [4.69, 9.17) is 10.5 Å². The lowest BCUT2D eigenvalue weighted by Gasteiger charge is -2.23. The van der Waals surface area contributed by atoms with E-state index in [1.165, 1.54) is 4.90 Å². The molecule has 0 fully saturated rings. The Hall–Kier alpha value is -1.28. The van der Waals surface area contributed by atoms with Crippen molar-refractivity contribution in [1.82, 2.24) is 14.1 Å². The van der Waals surface area contributed by atoms with Crippen molar-refractivity contribution < 1.29 is 14.3 Å². The fraction of sp³-hybridized carbons (Fsp3) is 0.714. The van der Waals surface area contributed by atoms with Crippen molar-refractivity contribution in [3.05, 3.63) is 11.9 Å². The van der Waals surface area contributed by atoms with E-state index in [2.05, 4.69) is 21.5 Å². The molecule has 1 aliphatic heterocycles. The monoisotopic (exact) mass is 376 g/mol. The molecule has 1 aliphatic rings. The molecule has 0 aromatic rings. The number of carbonyl (C=O) groups is 2. The number of nitrogens with one attached hydrogen (secondary N) is 1. The van der Waals surface area contributed by atoms with E-state index in [1.807, 2.05) is 27.7 Å². The third kappa shape index (κ3) is 5.84. The highest BCUT2D eigenvalue weighted by atomic mass is 79.9. The largest absolute Gasteiger partial charge is 0.443 e. The number of amides is 2. The van der Waals surface area contributed by atoms with Crippen LogP contribution in [0, 0.1) is 0 Å². The molecule has 0 unspecified atom stereocenters. The van der Waals surface area contributed by atoms with Crippen molar-refractivity contribution >= 4 is 28.1 Å². The van der Waals surface area contributed by atoms with E-state index in [0.717, 1.165) is 12.1 Å². The van der Waals surface area contributed by atoms with Gasteiger partial charge in [-0.05, 0) is 27.2 Å². The molecule has 22 heavy (non-hydrogen) atoms. The van der Waals surface area contributed by atoms with Gasteiger partial charge < -0.3 is 15.8 Å². The topological polar surface area (TPSA) is 87.9 Å². The molecule has 3 N–H and O–H groups in total. The lowest BCUT2D eigenvalue weighted by Crippen LogP contribution is -2.41. The third-order valence-corrected chi connectivity index (χ3v) is 3.52. The van der Waals surface area contributed by atoms with Crippen LogP contribution < -0.4 is 11.1 Å². The summed E-state index contributed by atoms with van der Waals surface area (Å²) in [5.41, 5.74) is 6.09. The van der Waals surface area contributed by atoms with Gasteiger partial charge in [-0.15, -0.1) is 0 Å². The van der Waals surface area contributed by atoms with Crippen molar-refractivity contribution in [2.24, 2.45) is 5.73 Å². The van der Waals surface area contributed by atoms with Crippen LogP contribution in [0.2, 0.25) is 0 Å². The Labute approximate surface area is 140 Å². The summed E-state index contributed by atoms with van der Waals surface area (Å²) in [5.74, 6) is -0.195. The summed E-state index contributed by atoms with van der Waals surface area (Å²) in [6, 6.07) is -0.656. The van der Waals surface area contributed by atoms with Crippen LogP contribution in [0.1, 0.15) is 40.5 Å².